The molecule has 2 nitrogen and oxygen atoms in total. The van der Waals surface area contributed by atoms with Gasteiger partial charge in [0.25, 0.3) is 0 Å². The minimum Gasteiger partial charge on any atom is -0.396 e. The Labute approximate surface area is 95.9 Å². The molecule has 94 valence electrons. The maximum Gasteiger partial charge on any atom is 0.417 e. The molecule has 17 heavy (non-hydrogen) atoms. The molecule has 0 bridgehead atoms. The molecule has 1 aromatic rings. The molecule has 0 heterocycles. The van der Waals surface area contributed by atoms with Crippen LogP contribution in [0, 0.1) is 5.82 Å². The molecular formula is C11H12F4N2. The molecule has 0 saturated heterocycles. The van der Waals surface area contributed by atoms with E-state index in [0.29, 0.717) is 19.0 Å². The van der Waals surface area contributed by atoms with Crippen LogP contribution in [0.1, 0.15) is 17.5 Å². The molecule has 1 aromatic carbocycles. The molecule has 0 fully saturated rings. The number of alkyl halides is 3. The van der Waals surface area contributed by atoms with Crippen molar-refractivity contribution >= 4 is 11.8 Å². The van der Waals surface area contributed by atoms with E-state index in [0.717, 1.165) is 6.07 Å². The van der Waals surface area contributed by atoms with E-state index in [4.69, 9.17) is 11.5 Å². The van der Waals surface area contributed by atoms with Crippen LogP contribution in [0.25, 0.3) is 6.08 Å². The first-order chi connectivity index (χ1) is 7.86. The van der Waals surface area contributed by atoms with E-state index in [-0.39, 0.29) is 5.56 Å². The largest absolute Gasteiger partial charge is 0.417 e. The second kappa shape index (κ2) is 5.18. The summed E-state index contributed by atoms with van der Waals surface area (Å²) >= 11 is 0. The Morgan fingerprint density at radius 1 is 1.24 bits per heavy atom. The third-order valence-corrected chi connectivity index (χ3v) is 2.10. The van der Waals surface area contributed by atoms with Crippen molar-refractivity contribution in [3.8, 4) is 0 Å². The topological polar surface area (TPSA) is 52.0 Å². The molecule has 0 aliphatic carbocycles. The predicted molar refractivity (Wildman–Crippen MR) is 58.5 cm³/mol. The monoisotopic (exact) mass is 248 g/mol. The van der Waals surface area contributed by atoms with Crippen molar-refractivity contribution in [2.24, 2.45) is 5.73 Å². The fourth-order valence-corrected chi connectivity index (χ4v) is 1.30. The fourth-order valence-electron chi connectivity index (χ4n) is 1.30. The minimum atomic E-state index is -4.57. The molecular weight excluding hydrogens is 236 g/mol. The number of rotatable bonds is 3. The third kappa shape index (κ3) is 3.45. The van der Waals surface area contributed by atoms with Crippen LogP contribution in [0.4, 0.5) is 23.2 Å². The SMILES string of the molecule is NCCC=Cc1cc(F)c(N)cc1C(F)(F)F. The van der Waals surface area contributed by atoms with Gasteiger partial charge < -0.3 is 11.5 Å². The maximum absolute atomic E-state index is 13.1. The van der Waals surface area contributed by atoms with Crippen LogP contribution in [0.2, 0.25) is 0 Å². The van der Waals surface area contributed by atoms with Gasteiger partial charge in [-0.3, -0.25) is 0 Å². The zero-order chi connectivity index (χ0) is 13.1. The second-order valence-corrected chi connectivity index (χ2v) is 3.44. The average molecular weight is 248 g/mol. The summed E-state index contributed by atoms with van der Waals surface area (Å²) in [5.74, 6) is -0.870. The average Bonchev–Trinajstić information content (AvgIpc) is 2.21. The zero-order valence-electron chi connectivity index (χ0n) is 8.89. The molecule has 0 saturated carbocycles. The van der Waals surface area contributed by atoms with E-state index in [1.54, 1.807) is 0 Å². The molecule has 4 N–H and O–H groups in total. The van der Waals surface area contributed by atoms with Crippen LogP contribution < -0.4 is 11.5 Å². The molecule has 0 spiro atoms. The van der Waals surface area contributed by atoms with Gasteiger partial charge in [0.05, 0.1) is 11.3 Å². The standard InChI is InChI=1S/C11H12F4N2/c12-9-5-7(3-1-2-4-16)8(6-10(9)17)11(13,14)15/h1,3,5-6H,2,4,16-17H2. The van der Waals surface area contributed by atoms with Gasteiger partial charge in [0.15, 0.2) is 0 Å². The zero-order valence-corrected chi connectivity index (χ0v) is 8.89. The Morgan fingerprint density at radius 2 is 1.88 bits per heavy atom. The lowest BCUT2D eigenvalue weighted by molar-refractivity contribution is -0.137. The van der Waals surface area contributed by atoms with E-state index >= 15 is 0 Å². The van der Waals surface area contributed by atoms with Crippen molar-refractivity contribution < 1.29 is 17.6 Å². The van der Waals surface area contributed by atoms with Gasteiger partial charge in [-0.05, 0) is 30.7 Å². The van der Waals surface area contributed by atoms with E-state index in [9.17, 15) is 17.6 Å². The van der Waals surface area contributed by atoms with Gasteiger partial charge in [-0.25, -0.2) is 4.39 Å². The van der Waals surface area contributed by atoms with Gasteiger partial charge in [0.2, 0.25) is 0 Å². The lowest BCUT2D eigenvalue weighted by Crippen LogP contribution is -2.09. The molecule has 0 radical (unpaired) electrons. The summed E-state index contributed by atoms with van der Waals surface area (Å²) in [4.78, 5) is 0. The molecule has 0 aliphatic rings. The van der Waals surface area contributed by atoms with Crippen LogP contribution >= 0.6 is 0 Å². The molecule has 1 rings (SSSR count). The van der Waals surface area contributed by atoms with Gasteiger partial charge in [-0.2, -0.15) is 13.2 Å². The Morgan fingerprint density at radius 3 is 2.41 bits per heavy atom. The molecule has 0 amide bonds. The second-order valence-electron chi connectivity index (χ2n) is 3.44. The lowest BCUT2D eigenvalue weighted by Gasteiger charge is -2.11. The quantitative estimate of drug-likeness (QED) is 0.638. The van der Waals surface area contributed by atoms with Crippen molar-refractivity contribution in [3.63, 3.8) is 0 Å². The number of hydrogen-bond donors (Lipinski definition) is 2. The first-order valence-electron chi connectivity index (χ1n) is 4.89. The molecule has 0 unspecified atom stereocenters. The molecule has 0 atom stereocenters. The molecule has 0 aromatic heterocycles. The summed E-state index contributed by atoms with van der Waals surface area (Å²) < 4.78 is 51.0. The van der Waals surface area contributed by atoms with Gasteiger partial charge in [-0.15, -0.1) is 0 Å². The van der Waals surface area contributed by atoms with Crippen LogP contribution in [0.15, 0.2) is 18.2 Å². The van der Waals surface area contributed by atoms with Gasteiger partial charge in [0, 0.05) is 0 Å². The summed E-state index contributed by atoms with van der Waals surface area (Å²) in [7, 11) is 0. The Hall–Kier alpha value is -1.56. The lowest BCUT2D eigenvalue weighted by atomic mass is 10.0. The number of anilines is 1. The highest BCUT2D eigenvalue weighted by atomic mass is 19.4. The van der Waals surface area contributed by atoms with Gasteiger partial charge in [0.1, 0.15) is 5.82 Å². The number of benzene rings is 1. The predicted octanol–water partition coefficient (Wildman–Crippen LogP) is 2.79. The highest BCUT2D eigenvalue weighted by molar-refractivity contribution is 5.60. The highest BCUT2D eigenvalue weighted by Gasteiger charge is 2.33. The van der Waals surface area contributed by atoms with E-state index < -0.39 is 23.2 Å². The number of hydrogen-bond acceptors (Lipinski definition) is 2. The van der Waals surface area contributed by atoms with E-state index in [1.807, 2.05) is 0 Å². The van der Waals surface area contributed by atoms with Crippen molar-refractivity contribution in [3.05, 3.63) is 35.2 Å². The van der Waals surface area contributed by atoms with Crippen LogP contribution in [-0.2, 0) is 6.18 Å². The van der Waals surface area contributed by atoms with Crippen molar-refractivity contribution in [1.29, 1.82) is 0 Å². The summed E-state index contributed by atoms with van der Waals surface area (Å²) in [6, 6.07) is 1.36. The van der Waals surface area contributed by atoms with Crippen molar-refractivity contribution in [2.45, 2.75) is 12.6 Å². The van der Waals surface area contributed by atoms with Crippen LogP contribution in [0.5, 0.6) is 0 Å². The number of halogens is 4. The van der Waals surface area contributed by atoms with E-state index in [2.05, 4.69) is 0 Å². The Balaban J connectivity index is 3.22. The minimum absolute atomic E-state index is 0.252. The summed E-state index contributed by atoms with van der Waals surface area (Å²) in [6.07, 6.45) is -1.49. The fraction of sp³-hybridized carbons (Fsp3) is 0.273. The van der Waals surface area contributed by atoms with Crippen molar-refractivity contribution in [1.82, 2.24) is 0 Å². The van der Waals surface area contributed by atoms with Crippen LogP contribution in [-0.4, -0.2) is 6.54 Å². The third-order valence-electron chi connectivity index (χ3n) is 2.10. The smallest absolute Gasteiger partial charge is 0.396 e. The number of nitrogen functional groups attached to an aromatic ring is 1. The molecule has 6 heteroatoms. The summed E-state index contributed by atoms with van der Waals surface area (Å²) in [5, 5.41) is 0. The van der Waals surface area contributed by atoms with E-state index in [1.165, 1.54) is 12.2 Å². The first kappa shape index (κ1) is 13.5. The van der Waals surface area contributed by atoms with Gasteiger partial charge >= 0.3 is 6.18 Å². The molecule has 0 aliphatic heterocycles. The summed E-state index contributed by atoms with van der Waals surface area (Å²) in [5.41, 5.74) is 8.60. The Kier molecular flexibility index (Phi) is 4.11. The maximum atomic E-state index is 13.1. The first-order valence-corrected chi connectivity index (χ1v) is 4.89. The highest BCUT2D eigenvalue weighted by Crippen LogP contribution is 2.34. The van der Waals surface area contributed by atoms with Crippen molar-refractivity contribution in [2.75, 3.05) is 12.3 Å². The van der Waals surface area contributed by atoms with Crippen LogP contribution in [0.3, 0.4) is 0 Å². The normalized spacial score (nSPS) is 12.3. The van der Waals surface area contributed by atoms with Gasteiger partial charge in [-0.1, -0.05) is 12.2 Å². The summed E-state index contributed by atoms with van der Waals surface area (Å²) in [6.45, 7) is 0.315. The number of nitrogens with two attached hydrogens (primary N) is 2. The Bertz CT molecular complexity index is 424.